The minimum Gasteiger partial charge on any atom is -0.461 e. The zero-order chi connectivity index (χ0) is 24.7. The normalized spacial score (nSPS) is 19.3. The average molecular weight is 490 g/mol. The van der Waals surface area contributed by atoms with Crippen molar-refractivity contribution in [2.75, 3.05) is 4.90 Å². The molecule has 4 rings (SSSR count). The third-order valence-electron chi connectivity index (χ3n) is 5.35. The lowest BCUT2D eigenvalue weighted by Crippen LogP contribution is -2.53. The number of carbonyl (C=O) groups excluding carboxylic acids is 3. The highest BCUT2D eigenvalue weighted by atomic mass is 32.2. The second-order valence-corrected chi connectivity index (χ2v) is 8.70. The van der Waals surface area contributed by atoms with Gasteiger partial charge in [-0.2, -0.15) is 13.2 Å². The molecule has 1 aliphatic rings. The van der Waals surface area contributed by atoms with Crippen LogP contribution in [0, 0.1) is 0 Å². The molecule has 0 aliphatic carbocycles. The standard InChI is InChI=1S/C22H17F3N4O4S/c1-21(18(26)14-8-9-27-11-15(14)17(30)16-3-2-10-33-16)19(31)29(20(32)28-21)12-4-6-13(7-5-12)34-22(23,24)25/h2-11,18H,26H2,1H3,(H,28,32). The molecule has 176 valence electrons. The maximum atomic E-state index is 13.3. The monoisotopic (exact) mass is 490 g/mol. The fourth-order valence-electron chi connectivity index (χ4n) is 3.62. The molecule has 3 heterocycles. The zero-order valence-corrected chi connectivity index (χ0v) is 18.3. The number of nitrogens with one attached hydrogen (secondary N) is 1. The number of thioether (sulfide) groups is 1. The number of alkyl halides is 3. The largest absolute Gasteiger partial charge is 0.461 e. The predicted molar refractivity (Wildman–Crippen MR) is 116 cm³/mol. The van der Waals surface area contributed by atoms with Crippen molar-refractivity contribution in [2.45, 2.75) is 28.9 Å². The van der Waals surface area contributed by atoms with Crippen molar-refractivity contribution in [3.63, 3.8) is 0 Å². The van der Waals surface area contributed by atoms with Gasteiger partial charge < -0.3 is 15.5 Å². The Bertz CT molecular complexity index is 1250. The molecule has 3 N–H and O–H groups in total. The molecule has 3 amide bonds. The van der Waals surface area contributed by atoms with Gasteiger partial charge in [0.2, 0.25) is 5.78 Å². The fourth-order valence-corrected chi connectivity index (χ4v) is 4.16. The van der Waals surface area contributed by atoms with Crippen molar-refractivity contribution in [2.24, 2.45) is 5.73 Å². The Morgan fingerprint density at radius 2 is 1.91 bits per heavy atom. The number of nitrogens with zero attached hydrogens (tertiary/aromatic N) is 2. The van der Waals surface area contributed by atoms with E-state index < -0.39 is 34.8 Å². The Morgan fingerprint density at radius 3 is 2.53 bits per heavy atom. The second kappa shape index (κ2) is 8.61. The summed E-state index contributed by atoms with van der Waals surface area (Å²) >= 11 is -0.311. The highest BCUT2D eigenvalue weighted by molar-refractivity contribution is 8.00. The topological polar surface area (TPSA) is 119 Å². The van der Waals surface area contributed by atoms with E-state index in [1.807, 2.05) is 0 Å². The molecule has 1 saturated heterocycles. The number of aromatic nitrogens is 1. The molecule has 2 unspecified atom stereocenters. The van der Waals surface area contributed by atoms with Gasteiger partial charge in [0, 0.05) is 22.9 Å². The summed E-state index contributed by atoms with van der Waals surface area (Å²) in [7, 11) is 0. The average Bonchev–Trinajstić information content (AvgIpc) is 3.40. The fraction of sp³-hybridized carbons (Fsp3) is 0.182. The van der Waals surface area contributed by atoms with Crippen LogP contribution in [-0.4, -0.2) is 33.8 Å². The molecule has 1 aliphatic heterocycles. The number of anilines is 1. The molecule has 0 spiro atoms. The van der Waals surface area contributed by atoms with Gasteiger partial charge in [-0.15, -0.1) is 0 Å². The number of hydrogen-bond donors (Lipinski definition) is 2. The van der Waals surface area contributed by atoms with Crippen molar-refractivity contribution in [1.82, 2.24) is 10.3 Å². The molecule has 34 heavy (non-hydrogen) atoms. The van der Waals surface area contributed by atoms with Crippen molar-refractivity contribution in [3.05, 3.63) is 78.0 Å². The lowest BCUT2D eigenvalue weighted by Gasteiger charge is -2.30. The first-order valence-corrected chi connectivity index (χ1v) is 10.6. The van der Waals surface area contributed by atoms with Gasteiger partial charge in [-0.05, 0) is 66.7 Å². The van der Waals surface area contributed by atoms with Gasteiger partial charge in [0.1, 0.15) is 5.54 Å². The summed E-state index contributed by atoms with van der Waals surface area (Å²) in [6, 6.07) is 7.32. The van der Waals surface area contributed by atoms with Crippen LogP contribution >= 0.6 is 11.8 Å². The molecule has 12 heteroatoms. The van der Waals surface area contributed by atoms with Gasteiger partial charge in [-0.1, -0.05) is 0 Å². The second-order valence-electron chi connectivity index (χ2n) is 7.56. The Hall–Kier alpha value is -3.64. The number of rotatable bonds is 6. The number of imide groups is 1. The number of hydrogen-bond acceptors (Lipinski definition) is 7. The number of carbonyl (C=O) groups is 3. The minimum absolute atomic E-state index is 0.0480. The maximum absolute atomic E-state index is 13.3. The van der Waals surface area contributed by atoms with E-state index in [4.69, 9.17) is 10.2 Å². The minimum atomic E-state index is -4.47. The summed E-state index contributed by atoms with van der Waals surface area (Å²) in [6.07, 6.45) is 4.02. The van der Waals surface area contributed by atoms with Crippen LogP contribution < -0.4 is 16.0 Å². The van der Waals surface area contributed by atoms with Crippen molar-refractivity contribution >= 4 is 35.2 Å². The first-order valence-electron chi connectivity index (χ1n) is 9.81. The Labute approximate surface area is 195 Å². The van der Waals surface area contributed by atoms with Gasteiger partial charge in [0.25, 0.3) is 5.91 Å². The number of nitrogens with two attached hydrogens (primary N) is 1. The summed E-state index contributed by atoms with van der Waals surface area (Å²) in [5, 5.41) is 2.55. The highest BCUT2D eigenvalue weighted by Crippen LogP contribution is 2.39. The Morgan fingerprint density at radius 1 is 1.21 bits per heavy atom. The SMILES string of the molecule is CC1(C(N)c2ccncc2C(=O)c2ccco2)NC(=O)N(c2ccc(SC(F)(F)F)cc2)C1=O. The molecule has 0 radical (unpaired) electrons. The summed E-state index contributed by atoms with van der Waals surface area (Å²) in [5.41, 5.74) is 0.715. The quantitative estimate of drug-likeness (QED) is 0.304. The predicted octanol–water partition coefficient (Wildman–Crippen LogP) is 4.03. The number of furan rings is 1. The van der Waals surface area contributed by atoms with Crippen LogP contribution in [0.2, 0.25) is 0 Å². The number of pyridine rings is 1. The van der Waals surface area contributed by atoms with Gasteiger partial charge in [0.05, 0.1) is 18.0 Å². The van der Waals surface area contributed by atoms with E-state index in [2.05, 4.69) is 10.3 Å². The van der Waals surface area contributed by atoms with Gasteiger partial charge in [-0.25, -0.2) is 9.69 Å². The number of urea groups is 1. The van der Waals surface area contributed by atoms with E-state index in [-0.39, 0.29) is 39.2 Å². The molecule has 0 saturated carbocycles. The smallest absolute Gasteiger partial charge is 0.446 e. The molecule has 1 fully saturated rings. The molecule has 0 bridgehead atoms. The molecule has 1 aromatic carbocycles. The first kappa shape index (κ1) is 23.5. The van der Waals surface area contributed by atoms with Gasteiger partial charge in [-0.3, -0.25) is 14.6 Å². The zero-order valence-electron chi connectivity index (χ0n) is 17.5. The third kappa shape index (κ3) is 4.29. The molecule has 3 aromatic rings. The highest BCUT2D eigenvalue weighted by Gasteiger charge is 2.53. The van der Waals surface area contributed by atoms with Crippen molar-refractivity contribution in [3.8, 4) is 0 Å². The Kier molecular flexibility index (Phi) is 5.96. The van der Waals surface area contributed by atoms with Crippen LogP contribution in [0.15, 0.2) is 70.4 Å². The lowest BCUT2D eigenvalue weighted by atomic mass is 9.84. The summed E-state index contributed by atoms with van der Waals surface area (Å²) < 4.78 is 42.9. The summed E-state index contributed by atoms with van der Waals surface area (Å²) in [5.74, 6) is -1.18. The molecule has 2 atom stereocenters. The lowest BCUT2D eigenvalue weighted by molar-refractivity contribution is -0.122. The van der Waals surface area contributed by atoms with E-state index in [9.17, 15) is 27.6 Å². The van der Waals surface area contributed by atoms with Gasteiger partial charge in [0.15, 0.2) is 5.76 Å². The molecular weight excluding hydrogens is 473 g/mol. The van der Waals surface area contributed by atoms with Crippen LogP contribution in [0.1, 0.15) is 34.6 Å². The van der Waals surface area contributed by atoms with Crippen LogP contribution in [0.5, 0.6) is 0 Å². The van der Waals surface area contributed by atoms with Crippen LogP contribution in [0.4, 0.5) is 23.7 Å². The Balaban J connectivity index is 1.63. The number of halogens is 3. The third-order valence-corrected chi connectivity index (χ3v) is 6.09. The van der Waals surface area contributed by atoms with Crippen LogP contribution in [0.3, 0.4) is 0 Å². The van der Waals surface area contributed by atoms with E-state index in [1.54, 1.807) is 6.07 Å². The van der Waals surface area contributed by atoms with Crippen molar-refractivity contribution < 1.29 is 32.0 Å². The number of benzene rings is 1. The van der Waals surface area contributed by atoms with Crippen LogP contribution in [-0.2, 0) is 4.79 Å². The molecule has 2 aromatic heterocycles. The summed E-state index contributed by atoms with van der Waals surface area (Å²) in [6.45, 7) is 1.41. The van der Waals surface area contributed by atoms with Crippen LogP contribution in [0.25, 0.3) is 0 Å². The summed E-state index contributed by atoms with van der Waals surface area (Å²) in [4.78, 5) is 43.6. The maximum Gasteiger partial charge on any atom is 0.446 e. The van der Waals surface area contributed by atoms with Gasteiger partial charge >= 0.3 is 11.5 Å². The first-order chi connectivity index (χ1) is 16.0. The van der Waals surface area contributed by atoms with E-state index in [0.29, 0.717) is 0 Å². The number of amides is 3. The molecular formula is C22H17F3N4O4S. The van der Waals surface area contributed by atoms with E-state index in [0.717, 1.165) is 17.0 Å². The van der Waals surface area contributed by atoms with E-state index in [1.165, 1.54) is 49.8 Å². The number of ketones is 1. The van der Waals surface area contributed by atoms with Crippen molar-refractivity contribution in [1.29, 1.82) is 0 Å². The van der Waals surface area contributed by atoms with E-state index >= 15 is 0 Å². The molecule has 8 nitrogen and oxygen atoms in total.